The van der Waals surface area contributed by atoms with Gasteiger partial charge in [-0.15, -0.1) is 0 Å². The molecule has 2 nitrogen and oxygen atoms in total. The van der Waals surface area contributed by atoms with Gasteiger partial charge in [-0.3, -0.25) is 0 Å². The summed E-state index contributed by atoms with van der Waals surface area (Å²) in [6, 6.07) is 0. The number of hydrogen-bond acceptors (Lipinski definition) is 1. The quantitative estimate of drug-likeness (QED) is 0.312. The second-order valence-corrected chi connectivity index (χ2v) is 0. The Morgan fingerprint density at radius 3 is 1.50 bits per heavy atom. The topological polar surface area (TPSA) is 61.5 Å². The van der Waals surface area contributed by atoms with Crippen LogP contribution in [0.25, 0.3) is 0 Å². The summed E-state index contributed by atoms with van der Waals surface area (Å²) < 4.78 is 0. The Morgan fingerprint density at radius 2 is 1.50 bits per heavy atom. The van der Waals surface area contributed by atoms with Gasteiger partial charge < -0.3 is 13.8 Å². The van der Waals surface area contributed by atoms with Gasteiger partial charge >= 0.3 is 24.5 Å². The fourth-order valence-corrected chi connectivity index (χ4v) is 0. The van der Waals surface area contributed by atoms with Crippen LogP contribution >= 0.6 is 0 Å². The third kappa shape index (κ3) is 10.7. The van der Waals surface area contributed by atoms with Gasteiger partial charge in [0.2, 0.25) is 0 Å². The zero-order chi connectivity index (χ0) is 0. The third-order valence-corrected chi connectivity index (χ3v) is 0. The van der Waals surface area contributed by atoms with Crippen molar-refractivity contribution >= 4 is 40.4 Å². The maximum Gasteiger partial charge on any atom is 2.00 e. The summed E-state index contributed by atoms with van der Waals surface area (Å²) in [4.78, 5) is 0. The molecule has 0 unspecified atom stereocenters. The molecule has 0 spiro atoms. The van der Waals surface area contributed by atoms with Crippen LogP contribution in [0.2, 0.25) is 0 Å². The van der Waals surface area contributed by atoms with Gasteiger partial charge in [0.1, 0.15) is 0 Å². The first-order chi connectivity index (χ1) is 0. The van der Waals surface area contributed by atoms with E-state index in [1.54, 1.807) is 0 Å². The first-order valence-electron chi connectivity index (χ1n) is 0. The van der Waals surface area contributed by atoms with Gasteiger partial charge in [0.15, 0.2) is 17.4 Å². The van der Waals surface area contributed by atoms with Gasteiger partial charge in [-0.1, -0.05) is 0 Å². The summed E-state index contributed by atoms with van der Waals surface area (Å²) in [5, 5.41) is 0. The molecule has 0 aliphatic rings. The molecule has 26 valence electrons. The normalized spacial score (nSPS) is 0. The molecule has 4 heteroatoms. The third-order valence-electron chi connectivity index (χ3n) is 0. The van der Waals surface area contributed by atoms with E-state index >= 15 is 0 Å². The second-order valence-electron chi connectivity index (χ2n) is 0. The molecule has 0 radical (unpaired) electrons. The summed E-state index contributed by atoms with van der Waals surface area (Å²) in [5.41, 5.74) is 0. The molecule has 0 aliphatic heterocycles. The van der Waals surface area contributed by atoms with Crippen LogP contribution < -0.4 is 0 Å². The van der Waals surface area contributed by atoms with E-state index in [1.165, 1.54) is 0 Å². The van der Waals surface area contributed by atoms with Crippen LogP contribution in [-0.2, 0) is 0 Å². The molecule has 0 rings (SSSR count). The Morgan fingerprint density at radius 1 is 1.50 bits per heavy atom. The molecule has 0 saturated carbocycles. The van der Waals surface area contributed by atoms with E-state index in [4.69, 9.17) is 0 Å². The Hall–Kier alpha value is 1.22. The Kier molecular flexibility index (Phi) is 460. The second kappa shape index (κ2) is 29.4. The molecule has 0 fully saturated rings. The Labute approximate surface area is 55.9 Å². The molecular weight excluding hydrogens is 83.3 g/mol. The molecule has 0 heterocycles. The predicted octanol–water partition coefficient (Wildman–Crippen LogP) is -2.23. The van der Waals surface area contributed by atoms with Crippen molar-refractivity contribution < 1.29 is 15.2 Å². The van der Waals surface area contributed by atoms with E-state index in [0.29, 0.717) is 0 Å². The van der Waals surface area contributed by atoms with Crippen molar-refractivity contribution in [2.45, 2.75) is 0 Å². The molecule has 4 heavy (non-hydrogen) atoms. The van der Waals surface area contributed by atoms with E-state index in [1.807, 2.05) is 0 Å². The van der Waals surface area contributed by atoms with E-state index in [9.17, 15) is 0 Å². The van der Waals surface area contributed by atoms with Gasteiger partial charge in [-0.2, -0.15) is 0 Å². The maximum atomic E-state index is 0. The van der Waals surface area contributed by atoms with Crippen LogP contribution in [0, 0.1) is 0 Å². The summed E-state index contributed by atoms with van der Waals surface area (Å²) in [6.07, 6.45) is 0. The SMILES string of the molecule is O.[AlH3].[H+].[H-].[H-].[Mg+2].[OH-]. The minimum Gasteiger partial charge on any atom is -1.00 e. The van der Waals surface area contributed by atoms with Crippen LogP contribution in [-0.4, -0.2) is 51.4 Å². The monoisotopic (exact) mass is 92.0 g/mol. The number of rotatable bonds is 0. The van der Waals surface area contributed by atoms with E-state index in [0.717, 1.165) is 0 Å². The van der Waals surface area contributed by atoms with Crippen LogP contribution in [0.1, 0.15) is 4.28 Å². The van der Waals surface area contributed by atoms with Gasteiger partial charge in [0.05, 0.1) is 0 Å². The standard InChI is InChI=1S/Al.Mg.2H2O.5H/h;;2*1H2;;;;;/q;+2;;;;;;2*-1. The van der Waals surface area contributed by atoms with Crippen LogP contribution in [0.4, 0.5) is 0 Å². The fraction of sp³-hybridized carbons (Fsp3) is 0. The maximum absolute atomic E-state index is 0. The smallest absolute Gasteiger partial charge is 1.00 e. The summed E-state index contributed by atoms with van der Waals surface area (Å²) in [7, 11) is 0. The van der Waals surface area contributed by atoms with Crippen LogP contribution in [0.5, 0.6) is 0 Å². The van der Waals surface area contributed by atoms with E-state index < -0.39 is 0 Å². The first-order valence-corrected chi connectivity index (χ1v) is 0. The largest absolute Gasteiger partial charge is 2.00 e. The zero-order valence-corrected chi connectivity index (χ0v) is 3.07. The summed E-state index contributed by atoms with van der Waals surface area (Å²) in [5.74, 6) is 0. The van der Waals surface area contributed by atoms with E-state index in [-0.39, 0.29) is 55.6 Å². The molecular formula is H9AlMgO2. The summed E-state index contributed by atoms with van der Waals surface area (Å²) >= 11 is 0. The molecule has 0 amide bonds. The van der Waals surface area contributed by atoms with Crippen molar-refractivity contribution in [1.82, 2.24) is 0 Å². The van der Waals surface area contributed by atoms with Crippen molar-refractivity contribution in [2.75, 3.05) is 0 Å². The molecule has 0 aromatic rings. The van der Waals surface area contributed by atoms with Crippen molar-refractivity contribution in [2.24, 2.45) is 0 Å². The minimum absolute atomic E-state index is 0. The molecule has 0 aromatic heterocycles. The fourth-order valence-electron chi connectivity index (χ4n) is 0. The average Bonchev–Trinajstić information content (AvgIpc) is 0. The minimum atomic E-state index is 0. The van der Waals surface area contributed by atoms with Gasteiger partial charge in [0.25, 0.3) is 0 Å². The van der Waals surface area contributed by atoms with Gasteiger partial charge in [-0.05, 0) is 0 Å². The number of hydrogen-bond donors (Lipinski definition) is 0. The van der Waals surface area contributed by atoms with Crippen molar-refractivity contribution in [1.29, 1.82) is 0 Å². The molecule has 0 aromatic carbocycles. The molecule has 0 bridgehead atoms. The molecule has 0 atom stereocenters. The van der Waals surface area contributed by atoms with Crippen LogP contribution in [0.3, 0.4) is 0 Å². The van der Waals surface area contributed by atoms with Crippen molar-refractivity contribution in [3.8, 4) is 0 Å². The molecule has 0 aliphatic carbocycles. The Bertz CT molecular complexity index is 12.9. The van der Waals surface area contributed by atoms with E-state index in [2.05, 4.69) is 0 Å². The van der Waals surface area contributed by atoms with Gasteiger partial charge in [0, 0.05) is 0 Å². The predicted molar refractivity (Wildman–Crippen MR) is 24.6 cm³/mol. The summed E-state index contributed by atoms with van der Waals surface area (Å²) in [6.45, 7) is 0. The van der Waals surface area contributed by atoms with Crippen LogP contribution in [0.15, 0.2) is 0 Å². The zero-order valence-electron chi connectivity index (χ0n) is 4.65. The van der Waals surface area contributed by atoms with Crippen molar-refractivity contribution in [3.05, 3.63) is 0 Å². The first kappa shape index (κ1) is 62.5. The molecule has 3 N–H and O–H groups in total. The average molecular weight is 92.4 g/mol. The Balaban J connectivity index is 0. The van der Waals surface area contributed by atoms with Crippen molar-refractivity contribution in [3.63, 3.8) is 0 Å². The van der Waals surface area contributed by atoms with Gasteiger partial charge in [-0.25, -0.2) is 0 Å². The molecule has 0 saturated heterocycles.